The molecule has 0 heterocycles. The molecule has 0 aromatic heterocycles. The molecule has 0 aliphatic heterocycles. The smallest absolute Gasteiger partial charge is 0.00438 e. The van der Waals surface area contributed by atoms with Crippen LogP contribution in [0.3, 0.4) is 0 Å². The maximum Gasteiger partial charge on any atom is -0.00438 e. The second-order valence-electron chi connectivity index (χ2n) is 3.81. The first-order chi connectivity index (χ1) is 4.17. The Balaban J connectivity index is 2.52. The van der Waals surface area contributed by atoms with Gasteiger partial charge in [-0.3, -0.25) is 0 Å². The summed E-state index contributed by atoms with van der Waals surface area (Å²) >= 11 is 0. The molecule has 9 heavy (non-hydrogen) atoms. The average Bonchev–Trinajstić information content (AvgIpc) is 2.08. The Morgan fingerprint density at radius 2 is 2.22 bits per heavy atom. The Kier molecular flexibility index (Phi) is 1.80. The van der Waals surface area contributed by atoms with Crippen molar-refractivity contribution in [1.29, 1.82) is 0 Å². The van der Waals surface area contributed by atoms with Crippen molar-refractivity contribution in [2.75, 3.05) is 6.54 Å². The van der Waals surface area contributed by atoms with Crippen LogP contribution in [0.15, 0.2) is 0 Å². The van der Waals surface area contributed by atoms with Crippen molar-refractivity contribution < 1.29 is 0 Å². The molecule has 1 aliphatic rings. The lowest BCUT2D eigenvalue weighted by molar-refractivity contribution is 0.267. The number of rotatable bonds is 1. The van der Waals surface area contributed by atoms with Gasteiger partial charge in [0.15, 0.2) is 0 Å². The summed E-state index contributed by atoms with van der Waals surface area (Å²) in [5.41, 5.74) is 6.15. The van der Waals surface area contributed by atoms with Crippen LogP contribution in [0.25, 0.3) is 0 Å². The Labute approximate surface area is 57.6 Å². The third kappa shape index (κ3) is 1.26. The first kappa shape index (κ1) is 7.07. The molecule has 1 atom stereocenters. The molecule has 1 unspecified atom stereocenters. The molecule has 1 aliphatic carbocycles. The third-order valence-electron chi connectivity index (χ3n) is 2.76. The van der Waals surface area contributed by atoms with E-state index in [9.17, 15) is 0 Å². The summed E-state index contributed by atoms with van der Waals surface area (Å²) in [6.07, 6.45) is 4.10. The molecule has 1 fully saturated rings. The second-order valence-corrected chi connectivity index (χ2v) is 3.81. The zero-order valence-corrected chi connectivity index (χ0v) is 6.48. The zero-order chi connectivity index (χ0) is 6.91. The molecule has 54 valence electrons. The molecular formula is C8H17N. The summed E-state index contributed by atoms with van der Waals surface area (Å²) in [6, 6.07) is 0. The van der Waals surface area contributed by atoms with E-state index in [-0.39, 0.29) is 0 Å². The highest BCUT2D eigenvalue weighted by molar-refractivity contribution is 4.84. The highest BCUT2D eigenvalue weighted by Gasteiger charge is 2.32. The lowest BCUT2D eigenvalue weighted by atomic mass is 9.82. The number of hydrogen-bond donors (Lipinski definition) is 1. The zero-order valence-electron chi connectivity index (χ0n) is 6.48. The van der Waals surface area contributed by atoms with Crippen LogP contribution in [0.2, 0.25) is 0 Å². The van der Waals surface area contributed by atoms with E-state index in [2.05, 4.69) is 13.8 Å². The normalized spacial score (nSPS) is 33.0. The molecule has 2 N–H and O–H groups in total. The predicted octanol–water partition coefficient (Wildman–Crippen LogP) is 1.77. The monoisotopic (exact) mass is 127 g/mol. The number of nitrogens with two attached hydrogens (primary N) is 1. The van der Waals surface area contributed by atoms with Crippen LogP contribution in [0.1, 0.15) is 33.1 Å². The highest BCUT2D eigenvalue weighted by atomic mass is 14.6. The fourth-order valence-electron chi connectivity index (χ4n) is 1.84. The van der Waals surface area contributed by atoms with Gasteiger partial charge >= 0.3 is 0 Å². The lowest BCUT2D eigenvalue weighted by Crippen LogP contribution is -2.24. The molecule has 0 saturated heterocycles. The molecule has 1 saturated carbocycles. The fraction of sp³-hybridized carbons (Fsp3) is 1.00. The van der Waals surface area contributed by atoms with E-state index in [4.69, 9.17) is 5.73 Å². The van der Waals surface area contributed by atoms with Crippen molar-refractivity contribution in [3.8, 4) is 0 Å². The number of hydrogen-bond acceptors (Lipinski definition) is 1. The van der Waals surface area contributed by atoms with Crippen molar-refractivity contribution in [2.24, 2.45) is 17.1 Å². The molecule has 0 aromatic rings. The largest absolute Gasteiger partial charge is 0.330 e. The summed E-state index contributed by atoms with van der Waals surface area (Å²) in [6.45, 7) is 5.54. The van der Waals surface area contributed by atoms with Gasteiger partial charge in [0.1, 0.15) is 0 Å². The Hall–Kier alpha value is -0.0400. The molecule has 0 spiro atoms. The quantitative estimate of drug-likeness (QED) is 0.570. The van der Waals surface area contributed by atoms with E-state index in [1.54, 1.807) is 0 Å². The average molecular weight is 127 g/mol. The van der Waals surface area contributed by atoms with E-state index in [0.29, 0.717) is 5.41 Å². The minimum atomic E-state index is 0.536. The Morgan fingerprint density at radius 1 is 1.56 bits per heavy atom. The maximum absolute atomic E-state index is 5.61. The van der Waals surface area contributed by atoms with Gasteiger partial charge in [-0.15, -0.1) is 0 Å². The van der Waals surface area contributed by atoms with Crippen LogP contribution in [-0.2, 0) is 0 Å². The van der Waals surface area contributed by atoms with Gasteiger partial charge in [-0.05, 0) is 30.7 Å². The van der Waals surface area contributed by atoms with E-state index in [1.165, 1.54) is 19.3 Å². The second kappa shape index (κ2) is 2.30. The first-order valence-electron chi connectivity index (χ1n) is 3.87. The van der Waals surface area contributed by atoms with Gasteiger partial charge in [0.25, 0.3) is 0 Å². The summed E-state index contributed by atoms with van der Waals surface area (Å²) in [5.74, 6) is 0.789. The van der Waals surface area contributed by atoms with Gasteiger partial charge in [0.05, 0.1) is 0 Å². The van der Waals surface area contributed by atoms with E-state index >= 15 is 0 Å². The maximum atomic E-state index is 5.61. The predicted molar refractivity (Wildman–Crippen MR) is 40.2 cm³/mol. The Bertz CT molecular complexity index is 96.7. The SMILES string of the molecule is CC1(C)CCCC1CN. The molecule has 0 amide bonds. The van der Waals surface area contributed by atoms with Gasteiger partial charge in [0, 0.05) is 0 Å². The molecule has 0 bridgehead atoms. The minimum Gasteiger partial charge on any atom is -0.330 e. The minimum absolute atomic E-state index is 0.536. The van der Waals surface area contributed by atoms with Crippen molar-refractivity contribution in [1.82, 2.24) is 0 Å². The summed E-state index contributed by atoms with van der Waals surface area (Å²) in [4.78, 5) is 0. The molecule has 1 heteroatoms. The Morgan fingerprint density at radius 3 is 2.44 bits per heavy atom. The van der Waals surface area contributed by atoms with Crippen LogP contribution in [0.5, 0.6) is 0 Å². The topological polar surface area (TPSA) is 26.0 Å². The molecule has 0 radical (unpaired) electrons. The van der Waals surface area contributed by atoms with Crippen LogP contribution < -0.4 is 5.73 Å². The molecule has 1 nitrogen and oxygen atoms in total. The van der Waals surface area contributed by atoms with Crippen LogP contribution in [0, 0.1) is 11.3 Å². The van der Waals surface area contributed by atoms with Gasteiger partial charge in [0.2, 0.25) is 0 Å². The summed E-state index contributed by atoms with van der Waals surface area (Å²) in [5, 5.41) is 0. The van der Waals surface area contributed by atoms with Crippen LogP contribution >= 0.6 is 0 Å². The van der Waals surface area contributed by atoms with Gasteiger partial charge in [-0.1, -0.05) is 20.3 Å². The molecular weight excluding hydrogens is 110 g/mol. The van der Waals surface area contributed by atoms with Gasteiger partial charge in [-0.25, -0.2) is 0 Å². The molecule has 1 rings (SSSR count). The fourth-order valence-corrected chi connectivity index (χ4v) is 1.84. The van der Waals surface area contributed by atoms with E-state index < -0.39 is 0 Å². The van der Waals surface area contributed by atoms with Crippen LogP contribution in [-0.4, -0.2) is 6.54 Å². The van der Waals surface area contributed by atoms with Crippen molar-refractivity contribution in [3.63, 3.8) is 0 Å². The highest BCUT2D eigenvalue weighted by Crippen LogP contribution is 2.41. The lowest BCUT2D eigenvalue weighted by Gasteiger charge is -2.25. The van der Waals surface area contributed by atoms with Gasteiger partial charge in [-0.2, -0.15) is 0 Å². The first-order valence-corrected chi connectivity index (χ1v) is 3.87. The van der Waals surface area contributed by atoms with E-state index in [1.807, 2.05) is 0 Å². The van der Waals surface area contributed by atoms with Crippen molar-refractivity contribution >= 4 is 0 Å². The summed E-state index contributed by atoms with van der Waals surface area (Å²) in [7, 11) is 0. The molecule has 0 aromatic carbocycles. The van der Waals surface area contributed by atoms with Gasteiger partial charge < -0.3 is 5.73 Å². The van der Waals surface area contributed by atoms with Crippen molar-refractivity contribution in [2.45, 2.75) is 33.1 Å². The third-order valence-corrected chi connectivity index (χ3v) is 2.76. The van der Waals surface area contributed by atoms with E-state index in [0.717, 1.165) is 12.5 Å². The standard InChI is InChI=1S/C8H17N/c1-8(2)5-3-4-7(8)6-9/h7H,3-6,9H2,1-2H3. The summed E-state index contributed by atoms with van der Waals surface area (Å²) < 4.78 is 0. The van der Waals surface area contributed by atoms with Crippen LogP contribution in [0.4, 0.5) is 0 Å². The van der Waals surface area contributed by atoms with Crippen molar-refractivity contribution in [3.05, 3.63) is 0 Å².